The number of guanidine groups is 1. The number of nitrogens with one attached hydrogen (secondary N) is 2. The van der Waals surface area contributed by atoms with Crippen LogP contribution < -0.4 is 15.5 Å². The van der Waals surface area contributed by atoms with E-state index in [0.29, 0.717) is 12.6 Å². The summed E-state index contributed by atoms with van der Waals surface area (Å²) >= 11 is 1.75. The second kappa shape index (κ2) is 8.54. The first-order valence-corrected chi connectivity index (χ1v) is 10.1. The monoisotopic (exact) mass is 371 g/mol. The van der Waals surface area contributed by atoms with Crippen LogP contribution in [-0.4, -0.2) is 37.1 Å². The molecule has 0 spiro atoms. The maximum Gasteiger partial charge on any atom is 0.191 e. The highest BCUT2D eigenvalue weighted by molar-refractivity contribution is 7.11. The van der Waals surface area contributed by atoms with Crippen LogP contribution in [0.4, 0.5) is 5.69 Å². The third-order valence-corrected chi connectivity index (χ3v) is 5.94. The molecule has 6 heteroatoms. The summed E-state index contributed by atoms with van der Waals surface area (Å²) < 4.78 is 0. The van der Waals surface area contributed by atoms with Gasteiger partial charge in [0.25, 0.3) is 0 Å². The van der Waals surface area contributed by atoms with E-state index in [-0.39, 0.29) is 0 Å². The van der Waals surface area contributed by atoms with Crippen LogP contribution in [0, 0.1) is 20.8 Å². The van der Waals surface area contributed by atoms with Crippen LogP contribution in [0.5, 0.6) is 0 Å². The molecule has 0 amide bonds. The van der Waals surface area contributed by atoms with Gasteiger partial charge in [-0.05, 0) is 45.7 Å². The molecule has 0 saturated carbocycles. The zero-order chi connectivity index (χ0) is 18.5. The van der Waals surface area contributed by atoms with Crippen molar-refractivity contribution < 1.29 is 0 Å². The number of hydrogen-bond acceptors (Lipinski definition) is 4. The van der Waals surface area contributed by atoms with Crippen molar-refractivity contribution in [2.45, 2.75) is 46.2 Å². The molecule has 1 aromatic heterocycles. The van der Waals surface area contributed by atoms with Crippen molar-refractivity contribution in [1.29, 1.82) is 0 Å². The lowest BCUT2D eigenvalue weighted by molar-refractivity contribution is 0.468. The number of rotatable bonds is 4. The van der Waals surface area contributed by atoms with Crippen LogP contribution in [0.2, 0.25) is 0 Å². The van der Waals surface area contributed by atoms with Gasteiger partial charge in [-0.2, -0.15) is 0 Å². The van der Waals surface area contributed by atoms with Crippen molar-refractivity contribution in [3.63, 3.8) is 0 Å². The Hall–Kier alpha value is -2.08. The molecule has 1 aliphatic heterocycles. The second-order valence-electron chi connectivity index (χ2n) is 6.94. The van der Waals surface area contributed by atoms with Crippen molar-refractivity contribution in [3.05, 3.63) is 45.4 Å². The van der Waals surface area contributed by atoms with Crippen LogP contribution >= 0.6 is 11.3 Å². The van der Waals surface area contributed by atoms with Crippen molar-refractivity contribution in [2.75, 3.05) is 25.0 Å². The number of nitrogens with zero attached hydrogens (tertiary/aromatic N) is 3. The molecule has 140 valence electrons. The Bertz CT molecular complexity index is 731. The summed E-state index contributed by atoms with van der Waals surface area (Å²) in [5.74, 6) is 0.853. The highest BCUT2D eigenvalue weighted by Gasteiger charge is 2.21. The van der Waals surface area contributed by atoms with Crippen LogP contribution in [0.25, 0.3) is 0 Å². The van der Waals surface area contributed by atoms with Gasteiger partial charge in [0.15, 0.2) is 5.96 Å². The Morgan fingerprint density at radius 3 is 2.69 bits per heavy atom. The fraction of sp³-hybridized carbons (Fsp3) is 0.500. The zero-order valence-electron chi connectivity index (χ0n) is 16.2. The molecule has 0 radical (unpaired) electrons. The van der Waals surface area contributed by atoms with E-state index in [2.05, 4.69) is 70.5 Å². The highest BCUT2D eigenvalue weighted by atomic mass is 32.1. The summed E-state index contributed by atoms with van der Waals surface area (Å²) in [6.45, 7) is 9.14. The average Bonchev–Trinajstić information content (AvgIpc) is 2.97. The van der Waals surface area contributed by atoms with Crippen molar-refractivity contribution in [3.8, 4) is 0 Å². The van der Waals surface area contributed by atoms with Gasteiger partial charge in [-0.3, -0.25) is 4.99 Å². The standard InChI is InChI=1S/C20H29N5S/c1-14-7-9-18(10-8-14)25-11-5-6-17(13-25)24-20(21-4)22-12-19-23-15(2)16(3)26-19/h7-10,17H,5-6,11-13H2,1-4H3,(H2,21,22,24). The Morgan fingerprint density at radius 1 is 1.27 bits per heavy atom. The molecular weight excluding hydrogens is 342 g/mol. The lowest BCUT2D eigenvalue weighted by Gasteiger charge is -2.35. The van der Waals surface area contributed by atoms with Gasteiger partial charge < -0.3 is 15.5 Å². The molecule has 2 N–H and O–H groups in total. The minimum absolute atomic E-state index is 0.399. The lowest BCUT2D eigenvalue weighted by atomic mass is 10.0. The van der Waals surface area contributed by atoms with Crippen LogP contribution in [0.3, 0.4) is 0 Å². The Balaban J connectivity index is 1.55. The van der Waals surface area contributed by atoms with Gasteiger partial charge in [-0.1, -0.05) is 17.7 Å². The zero-order valence-corrected chi connectivity index (χ0v) is 17.0. The number of aryl methyl sites for hydroxylation is 3. The second-order valence-corrected chi connectivity index (χ2v) is 8.23. The van der Waals surface area contributed by atoms with Gasteiger partial charge in [0.2, 0.25) is 0 Å². The van der Waals surface area contributed by atoms with Crippen LogP contribution in [0.15, 0.2) is 29.3 Å². The van der Waals surface area contributed by atoms with Gasteiger partial charge in [0.05, 0.1) is 12.2 Å². The Morgan fingerprint density at radius 2 is 2.04 bits per heavy atom. The summed E-state index contributed by atoms with van der Waals surface area (Å²) in [5.41, 5.74) is 3.73. The molecule has 1 saturated heterocycles. The van der Waals surface area contributed by atoms with Gasteiger partial charge in [-0.15, -0.1) is 11.3 Å². The third kappa shape index (κ3) is 4.75. The third-order valence-electron chi connectivity index (χ3n) is 4.86. The summed E-state index contributed by atoms with van der Waals surface area (Å²) in [4.78, 5) is 12.7. The van der Waals surface area contributed by atoms with Crippen LogP contribution in [-0.2, 0) is 6.54 Å². The number of piperidine rings is 1. The van der Waals surface area contributed by atoms with Crippen molar-refractivity contribution in [2.24, 2.45) is 4.99 Å². The fourth-order valence-electron chi connectivity index (χ4n) is 3.25. The van der Waals surface area contributed by atoms with Gasteiger partial charge in [0, 0.05) is 36.7 Å². The van der Waals surface area contributed by atoms with Crippen molar-refractivity contribution in [1.82, 2.24) is 15.6 Å². The van der Waals surface area contributed by atoms with Gasteiger partial charge in [-0.25, -0.2) is 4.98 Å². The van der Waals surface area contributed by atoms with E-state index in [1.807, 2.05) is 7.05 Å². The topological polar surface area (TPSA) is 52.6 Å². The Labute approximate surface area is 160 Å². The molecule has 3 rings (SSSR count). The summed E-state index contributed by atoms with van der Waals surface area (Å²) in [7, 11) is 1.83. The molecule has 2 heterocycles. The predicted molar refractivity (Wildman–Crippen MR) is 111 cm³/mol. The normalized spacial score (nSPS) is 18.1. The van der Waals surface area contributed by atoms with Crippen molar-refractivity contribution >= 4 is 23.0 Å². The molecule has 1 fully saturated rings. The predicted octanol–water partition coefficient (Wildman–Crippen LogP) is 3.40. The van der Waals surface area contributed by atoms with Crippen LogP contribution in [0.1, 0.15) is 34.0 Å². The van der Waals surface area contributed by atoms with E-state index < -0.39 is 0 Å². The van der Waals surface area contributed by atoms with E-state index in [0.717, 1.165) is 29.8 Å². The molecular formula is C20H29N5S. The molecule has 1 aliphatic rings. The number of aliphatic imine (C=N–C) groups is 1. The average molecular weight is 372 g/mol. The SMILES string of the molecule is CN=C(NCc1nc(C)c(C)s1)NC1CCCN(c2ccc(C)cc2)C1. The first-order valence-electron chi connectivity index (χ1n) is 9.27. The molecule has 1 atom stereocenters. The van der Waals surface area contributed by atoms with E-state index in [4.69, 9.17) is 0 Å². The number of thiazole rings is 1. The van der Waals surface area contributed by atoms with E-state index >= 15 is 0 Å². The number of aromatic nitrogens is 1. The van der Waals surface area contributed by atoms with Gasteiger partial charge >= 0.3 is 0 Å². The van der Waals surface area contributed by atoms with E-state index in [9.17, 15) is 0 Å². The molecule has 2 aromatic rings. The molecule has 0 bridgehead atoms. The number of benzene rings is 1. The first-order chi connectivity index (χ1) is 12.5. The molecule has 0 aliphatic carbocycles. The van der Waals surface area contributed by atoms with Gasteiger partial charge in [0.1, 0.15) is 5.01 Å². The minimum Gasteiger partial charge on any atom is -0.369 e. The molecule has 1 aromatic carbocycles. The molecule has 26 heavy (non-hydrogen) atoms. The molecule has 5 nitrogen and oxygen atoms in total. The highest BCUT2D eigenvalue weighted by Crippen LogP contribution is 2.20. The van der Waals surface area contributed by atoms with E-state index in [1.165, 1.54) is 29.0 Å². The smallest absolute Gasteiger partial charge is 0.191 e. The lowest BCUT2D eigenvalue weighted by Crippen LogP contribution is -2.51. The largest absolute Gasteiger partial charge is 0.369 e. The minimum atomic E-state index is 0.399. The maximum absolute atomic E-state index is 4.59. The fourth-order valence-corrected chi connectivity index (χ4v) is 4.12. The first kappa shape index (κ1) is 18.7. The quantitative estimate of drug-likeness (QED) is 0.639. The number of anilines is 1. The summed E-state index contributed by atoms with van der Waals surface area (Å²) in [6.07, 6.45) is 2.35. The maximum atomic E-state index is 4.59. The van der Waals surface area contributed by atoms with E-state index in [1.54, 1.807) is 11.3 Å². The summed E-state index contributed by atoms with van der Waals surface area (Å²) in [6, 6.07) is 9.21. The number of hydrogen-bond donors (Lipinski definition) is 2. The molecule has 1 unspecified atom stereocenters. The Kier molecular flexibility index (Phi) is 6.14. The summed E-state index contributed by atoms with van der Waals surface area (Å²) in [5, 5.41) is 8.09.